The SMILES string of the molecule is C=CCN(C(=O)OC(C)(C)C)C1=N[C@@H]2[C@@H](OCc3ccc(OC)cc3)[C@H](C)[C@@H](CC)O[C@@H]2S1. The summed E-state index contributed by atoms with van der Waals surface area (Å²) >= 11 is 1.46. The van der Waals surface area contributed by atoms with Crippen LogP contribution in [-0.2, 0) is 20.8 Å². The fourth-order valence-corrected chi connectivity index (χ4v) is 5.21. The van der Waals surface area contributed by atoms with Crippen molar-refractivity contribution in [1.29, 1.82) is 0 Å². The predicted octanol–water partition coefficient (Wildman–Crippen LogP) is 5.25. The van der Waals surface area contributed by atoms with Crippen molar-refractivity contribution in [2.75, 3.05) is 13.7 Å². The van der Waals surface area contributed by atoms with E-state index in [1.807, 2.05) is 45.0 Å². The molecule has 0 spiro atoms. The second-order valence-corrected chi connectivity index (χ2v) is 10.4. The summed E-state index contributed by atoms with van der Waals surface area (Å²) in [6.45, 7) is 14.4. The lowest BCUT2D eigenvalue weighted by Crippen LogP contribution is -2.51. The number of ether oxygens (including phenoxy) is 4. The lowest BCUT2D eigenvalue weighted by Gasteiger charge is -2.41. The molecule has 1 amide bonds. The Labute approximate surface area is 201 Å². The molecular formula is C25H36N2O5S. The van der Waals surface area contributed by atoms with E-state index in [0.717, 1.165) is 17.7 Å². The molecule has 182 valence electrons. The molecule has 0 saturated carbocycles. The van der Waals surface area contributed by atoms with Crippen molar-refractivity contribution in [2.45, 2.75) is 76.9 Å². The van der Waals surface area contributed by atoms with Gasteiger partial charge in [0.15, 0.2) is 5.17 Å². The van der Waals surface area contributed by atoms with Gasteiger partial charge in [-0.25, -0.2) is 4.79 Å². The number of hydrogen-bond donors (Lipinski definition) is 0. The molecule has 1 aromatic carbocycles. The Bertz CT molecular complexity index is 851. The molecule has 0 aliphatic carbocycles. The highest BCUT2D eigenvalue weighted by Crippen LogP contribution is 2.42. The third kappa shape index (κ3) is 6.31. The quantitative estimate of drug-likeness (QED) is 0.501. The lowest BCUT2D eigenvalue weighted by atomic mass is 9.88. The van der Waals surface area contributed by atoms with Crippen molar-refractivity contribution >= 4 is 23.0 Å². The molecule has 0 unspecified atom stereocenters. The van der Waals surface area contributed by atoms with E-state index in [0.29, 0.717) is 18.3 Å². The van der Waals surface area contributed by atoms with Crippen LogP contribution in [0.1, 0.15) is 46.6 Å². The number of benzene rings is 1. The summed E-state index contributed by atoms with van der Waals surface area (Å²) < 4.78 is 23.6. The number of amidine groups is 1. The lowest BCUT2D eigenvalue weighted by molar-refractivity contribution is -0.137. The normalized spacial score (nSPS) is 26.8. The Hall–Kier alpha value is -2.03. The van der Waals surface area contributed by atoms with E-state index in [1.54, 1.807) is 13.2 Å². The van der Waals surface area contributed by atoms with Gasteiger partial charge in [0.2, 0.25) is 0 Å². The molecular weight excluding hydrogens is 440 g/mol. The van der Waals surface area contributed by atoms with E-state index in [-0.39, 0.29) is 29.6 Å². The summed E-state index contributed by atoms with van der Waals surface area (Å²) in [5.41, 5.74) is 0.253. The van der Waals surface area contributed by atoms with Gasteiger partial charge in [-0.1, -0.05) is 43.8 Å². The van der Waals surface area contributed by atoms with Gasteiger partial charge in [0.05, 0.1) is 25.9 Å². The van der Waals surface area contributed by atoms with Crippen LogP contribution in [0.25, 0.3) is 0 Å². The van der Waals surface area contributed by atoms with Gasteiger partial charge >= 0.3 is 6.09 Å². The largest absolute Gasteiger partial charge is 0.497 e. The zero-order valence-corrected chi connectivity index (χ0v) is 21.3. The number of thioether (sulfide) groups is 1. The fourth-order valence-electron chi connectivity index (χ4n) is 3.99. The average Bonchev–Trinajstić information content (AvgIpc) is 3.18. The number of fused-ring (bicyclic) bond motifs is 1. The standard InChI is InChI=1S/C25H36N2O5S/c1-8-14-27(24(28)32-25(4,5)6)23-26-20-21(16(3)19(9-2)31-22(20)33-23)30-15-17-10-12-18(29-7)13-11-17/h8,10-13,16,19-22H,1,9,14-15H2,2-7H3/t16-,19-,20-,21+,22-/m1/s1. The third-order valence-electron chi connectivity index (χ3n) is 5.67. The Balaban J connectivity index is 1.80. The van der Waals surface area contributed by atoms with Crippen molar-refractivity contribution in [3.8, 4) is 5.75 Å². The molecule has 5 atom stereocenters. The number of methoxy groups -OCH3 is 1. The van der Waals surface area contributed by atoms with E-state index in [2.05, 4.69) is 20.4 Å². The zero-order valence-electron chi connectivity index (χ0n) is 20.4. The molecule has 33 heavy (non-hydrogen) atoms. The summed E-state index contributed by atoms with van der Waals surface area (Å²) in [5.74, 6) is 0.975. The van der Waals surface area contributed by atoms with Gasteiger partial charge in [0, 0.05) is 12.5 Å². The van der Waals surface area contributed by atoms with Gasteiger partial charge in [-0.05, 0) is 44.9 Å². The van der Waals surface area contributed by atoms with Gasteiger partial charge in [-0.2, -0.15) is 0 Å². The average molecular weight is 477 g/mol. The van der Waals surface area contributed by atoms with Crippen LogP contribution in [0.5, 0.6) is 5.75 Å². The van der Waals surface area contributed by atoms with Crippen LogP contribution in [0, 0.1) is 5.92 Å². The fraction of sp³-hybridized carbons (Fsp3) is 0.600. The van der Waals surface area contributed by atoms with Crippen LogP contribution in [0.3, 0.4) is 0 Å². The van der Waals surface area contributed by atoms with E-state index < -0.39 is 11.7 Å². The van der Waals surface area contributed by atoms with Crippen molar-refractivity contribution in [3.05, 3.63) is 42.5 Å². The maximum Gasteiger partial charge on any atom is 0.416 e. The summed E-state index contributed by atoms with van der Waals surface area (Å²) in [4.78, 5) is 19.3. The second-order valence-electron chi connectivity index (χ2n) is 9.33. The molecule has 1 aromatic rings. The maximum absolute atomic E-state index is 12.9. The van der Waals surface area contributed by atoms with Gasteiger partial charge in [0.25, 0.3) is 0 Å². The Morgan fingerprint density at radius 1 is 1.30 bits per heavy atom. The molecule has 0 N–H and O–H groups in total. The zero-order chi connectivity index (χ0) is 24.2. The van der Waals surface area contributed by atoms with E-state index in [4.69, 9.17) is 23.9 Å². The van der Waals surface area contributed by atoms with Crippen molar-refractivity contribution in [2.24, 2.45) is 10.9 Å². The van der Waals surface area contributed by atoms with Crippen LogP contribution >= 0.6 is 11.8 Å². The maximum atomic E-state index is 12.9. The first-order valence-corrected chi connectivity index (χ1v) is 12.3. The number of hydrogen-bond acceptors (Lipinski definition) is 7. The van der Waals surface area contributed by atoms with Gasteiger partial charge < -0.3 is 18.9 Å². The first-order chi connectivity index (χ1) is 15.7. The number of carbonyl (C=O) groups excluding carboxylic acids is 1. The van der Waals surface area contributed by atoms with Crippen LogP contribution in [0.4, 0.5) is 4.79 Å². The Kier molecular flexibility index (Phi) is 8.48. The van der Waals surface area contributed by atoms with E-state index in [9.17, 15) is 4.79 Å². The molecule has 3 rings (SSSR count). The number of carbonyl (C=O) groups is 1. The van der Waals surface area contributed by atoms with Crippen molar-refractivity contribution in [3.63, 3.8) is 0 Å². The van der Waals surface area contributed by atoms with Gasteiger partial charge in [-0.15, -0.1) is 6.58 Å². The Morgan fingerprint density at radius 2 is 2.00 bits per heavy atom. The highest BCUT2D eigenvalue weighted by molar-refractivity contribution is 8.14. The molecule has 0 bridgehead atoms. The number of rotatable bonds is 7. The van der Waals surface area contributed by atoms with E-state index in [1.165, 1.54) is 16.7 Å². The number of amides is 1. The van der Waals surface area contributed by atoms with Crippen LogP contribution < -0.4 is 4.74 Å². The molecule has 1 saturated heterocycles. The minimum atomic E-state index is -0.602. The van der Waals surface area contributed by atoms with Crippen LogP contribution in [0.2, 0.25) is 0 Å². The molecule has 2 heterocycles. The van der Waals surface area contributed by atoms with Gasteiger partial charge in [0.1, 0.15) is 22.8 Å². The highest BCUT2D eigenvalue weighted by atomic mass is 32.2. The molecule has 8 heteroatoms. The third-order valence-corrected chi connectivity index (χ3v) is 6.83. The minimum Gasteiger partial charge on any atom is -0.497 e. The smallest absolute Gasteiger partial charge is 0.416 e. The first-order valence-electron chi connectivity index (χ1n) is 11.4. The van der Waals surface area contributed by atoms with Crippen molar-refractivity contribution in [1.82, 2.24) is 4.90 Å². The predicted molar refractivity (Wildman–Crippen MR) is 132 cm³/mol. The highest BCUT2D eigenvalue weighted by Gasteiger charge is 2.49. The topological polar surface area (TPSA) is 69.6 Å². The summed E-state index contributed by atoms with van der Waals surface area (Å²) in [6, 6.07) is 7.66. The summed E-state index contributed by atoms with van der Waals surface area (Å²) in [6.07, 6.45) is 2.03. The molecule has 0 radical (unpaired) electrons. The van der Waals surface area contributed by atoms with E-state index >= 15 is 0 Å². The Morgan fingerprint density at radius 3 is 2.58 bits per heavy atom. The molecule has 0 aromatic heterocycles. The summed E-state index contributed by atoms with van der Waals surface area (Å²) in [5, 5.41) is 0.584. The van der Waals surface area contributed by atoms with Crippen LogP contribution in [-0.4, -0.2) is 59.1 Å². The summed E-state index contributed by atoms with van der Waals surface area (Å²) in [7, 11) is 1.65. The molecule has 2 aliphatic heterocycles. The minimum absolute atomic E-state index is 0.0588. The molecule has 7 nitrogen and oxygen atoms in total. The van der Waals surface area contributed by atoms with Gasteiger partial charge in [-0.3, -0.25) is 9.89 Å². The number of nitrogens with zero attached hydrogens (tertiary/aromatic N) is 2. The van der Waals surface area contributed by atoms with Crippen molar-refractivity contribution < 1.29 is 23.7 Å². The first kappa shape index (κ1) is 25.6. The molecule has 1 fully saturated rings. The second kappa shape index (κ2) is 10.9. The molecule has 2 aliphatic rings. The number of aliphatic imine (C=N–C) groups is 1. The monoisotopic (exact) mass is 476 g/mol. The van der Waals surface area contributed by atoms with Crippen LogP contribution in [0.15, 0.2) is 41.9 Å².